The van der Waals surface area contributed by atoms with Crippen molar-refractivity contribution < 1.29 is 9.53 Å². The van der Waals surface area contributed by atoms with Gasteiger partial charge in [0.05, 0.1) is 18.6 Å². The van der Waals surface area contributed by atoms with E-state index >= 15 is 0 Å². The summed E-state index contributed by atoms with van der Waals surface area (Å²) >= 11 is 0. The van der Waals surface area contributed by atoms with Gasteiger partial charge in [-0.3, -0.25) is 4.79 Å². The molecule has 1 aromatic carbocycles. The van der Waals surface area contributed by atoms with E-state index in [4.69, 9.17) is 10.5 Å². The molecular formula is C16H26N2O2. The molecule has 0 saturated heterocycles. The van der Waals surface area contributed by atoms with Gasteiger partial charge < -0.3 is 15.8 Å². The Labute approximate surface area is 121 Å². The molecule has 3 N–H and O–H groups in total. The molecule has 0 radical (unpaired) electrons. The quantitative estimate of drug-likeness (QED) is 0.680. The zero-order valence-corrected chi connectivity index (χ0v) is 12.5. The average molecular weight is 278 g/mol. The number of carbonyl (C=O) groups is 1. The third-order valence-electron chi connectivity index (χ3n) is 3.87. The standard InChI is InChI=1S/C16H26N2O2/c1-3-16(4-2,13-17)15(19)18-10-11-20-12-14-8-6-5-7-9-14/h5-9H,3-4,10-13,17H2,1-2H3,(H,18,19). The number of rotatable bonds is 9. The average Bonchev–Trinajstić information content (AvgIpc) is 2.50. The lowest BCUT2D eigenvalue weighted by molar-refractivity contribution is -0.131. The second-order valence-electron chi connectivity index (χ2n) is 4.99. The van der Waals surface area contributed by atoms with E-state index in [0.29, 0.717) is 26.3 Å². The summed E-state index contributed by atoms with van der Waals surface area (Å²) in [6, 6.07) is 9.99. The molecular weight excluding hydrogens is 252 g/mol. The first-order valence-corrected chi connectivity index (χ1v) is 7.28. The van der Waals surface area contributed by atoms with Crippen molar-refractivity contribution in [2.45, 2.75) is 33.3 Å². The summed E-state index contributed by atoms with van der Waals surface area (Å²) in [6.07, 6.45) is 1.52. The normalized spacial score (nSPS) is 11.3. The first-order valence-electron chi connectivity index (χ1n) is 7.28. The number of amides is 1. The molecule has 4 nitrogen and oxygen atoms in total. The molecule has 0 aliphatic heterocycles. The van der Waals surface area contributed by atoms with Crippen LogP contribution in [0.25, 0.3) is 0 Å². The van der Waals surface area contributed by atoms with Crippen LogP contribution in [0.2, 0.25) is 0 Å². The first-order chi connectivity index (χ1) is 9.68. The van der Waals surface area contributed by atoms with E-state index in [1.165, 1.54) is 0 Å². The molecule has 0 aliphatic rings. The Morgan fingerprint density at radius 1 is 1.25 bits per heavy atom. The van der Waals surface area contributed by atoms with Crippen molar-refractivity contribution in [2.75, 3.05) is 19.7 Å². The minimum atomic E-state index is -0.431. The van der Waals surface area contributed by atoms with Crippen LogP contribution in [0.1, 0.15) is 32.3 Å². The minimum absolute atomic E-state index is 0.0355. The van der Waals surface area contributed by atoms with Gasteiger partial charge in [-0.1, -0.05) is 44.2 Å². The second kappa shape index (κ2) is 8.72. The van der Waals surface area contributed by atoms with E-state index in [2.05, 4.69) is 5.32 Å². The highest BCUT2D eigenvalue weighted by molar-refractivity contribution is 5.82. The van der Waals surface area contributed by atoms with E-state index in [1.54, 1.807) is 0 Å². The van der Waals surface area contributed by atoms with Crippen LogP contribution in [0.3, 0.4) is 0 Å². The largest absolute Gasteiger partial charge is 0.375 e. The third kappa shape index (κ3) is 4.62. The molecule has 4 heteroatoms. The molecule has 1 rings (SSSR count). The number of hydrogen-bond donors (Lipinski definition) is 2. The zero-order chi connectivity index (χ0) is 14.8. The molecule has 0 aliphatic carbocycles. The monoisotopic (exact) mass is 278 g/mol. The Kier molecular flexibility index (Phi) is 7.26. The van der Waals surface area contributed by atoms with Gasteiger partial charge in [-0.25, -0.2) is 0 Å². The molecule has 0 saturated carbocycles. The maximum absolute atomic E-state index is 12.1. The molecule has 1 aromatic rings. The summed E-state index contributed by atoms with van der Waals surface area (Å²) in [6.45, 7) is 5.99. The lowest BCUT2D eigenvalue weighted by Crippen LogP contribution is -2.46. The van der Waals surface area contributed by atoms with Crippen molar-refractivity contribution in [2.24, 2.45) is 11.1 Å². The Hall–Kier alpha value is -1.39. The molecule has 0 fully saturated rings. The Morgan fingerprint density at radius 2 is 1.90 bits per heavy atom. The number of carbonyl (C=O) groups excluding carboxylic acids is 1. The lowest BCUT2D eigenvalue weighted by Gasteiger charge is -2.28. The van der Waals surface area contributed by atoms with E-state index in [9.17, 15) is 4.79 Å². The van der Waals surface area contributed by atoms with E-state index in [0.717, 1.165) is 18.4 Å². The molecule has 20 heavy (non-hydrogen) atoms. The number of ether oxygens (including phenoxy) is 1. The van der Waals surface area contributed by atoms with Crippen molar-refractivity contribution >= 4 is 5.91 Å². The van der Waals surface area contributed by atoms with Gasteiger partial charge in [0, 0.05) is 13.1 Å². The van der Waals surface area contributed by atoms with E-state index in [-0.39, 0.29) is 5.91 Å². The van der Waals surface area contributed by atoms with Crippen LogP contribution in [-0.2, 0) is 16.1 Å². The second-order valence-corrected chi connectivity index (χ2v) is 4.99. The fourth-order valence-electron chi connectivity index (χ4n) is 2.14. The van der Waals surface area contributed by atoms with Crippen LogP contribution in [0, 0.1) is 5.41 Å². The fraction of sp³-hybridized carbons (Fsp3) is 0.562. The van der Waals surface area contributed by atoms with Crippen LogP contribution in [0.5, 0.6) is 0 Å². The van der Waals surface area contributed by atoms with Crippen LogP contribution in [0.15, 0.2) is 30.3 Å². The van der Waals surface area contributed by atoms with Crippen molar-refractivity contribution in [3.8, 4) is 0 Å². The SMILES string of the molecule is CCC(CC)(CN)C(=O)NCCOCc1ccccc1. The Morgan fingerprint density at radius 3 is 2.45 bits per heavy atom. The van der Waals surface area contributed by atoms with Crippen molar-refractivity contribution in [3.63, 3.8) is 0 Å². The van der Waals surface area contributed by atoms with E-state index < -0.39 is 5.41 Å². The number of hydrogen-bond acceptors (Lipinski definition) is 3. The predicted molar refractivity (Wildman–Crippen MR) is 81.2 cm³/mol. The highest BCUT2D eigenvalue weighted by Crippen LogP contribution is 2.24. The van der Waals surface area contributed by atoms with Crippen LogP contribution < -0.4 is 11.1 Å². The van der Waals surface area contributed by atoms with Crippen molar-refractivity contribution in [3.05, 3.63) is 35.9 Å². The molecule has 0 aromatic heterocycles. The lowest BCUT2D eigenvalue weighted by atomic mass is 9.81. The molecule has 1 amide bonds. The Bertz CT molecular complexity index is 380. The van der Waals surface area contributed by atoms with Gasteiger partial charge in [0.25, 0.3) is 0 Å². The molecule has 0 heterocycles. The van der Waals surface area contributed by atoms with Crippen LogP contribution in [0.4, 0.5) is 0 Å². The summed E-state index contributed by atoms with van der Waals surface area (Å²) in [5, 5.41) is 2.92. The maximum atomic E-state index is 12.1. The zero-order valence-electron chi connectivity index (χ0n) is 12.5. The van der Waals surface area contributed by atoms with Crippen LogP contribution >= 0.6 is 0 Å². The fourth-order valence-corrected chi connectivity index (χ4v) is 2.14. The van der Waals surface area contributed by atoms with Crippen molar-refractivity contribution in [1.29, 1.82) is 0 Å². The number of nitrogens with two attached hydrogens (primary N) is 1. The third-order valence-corrected chi connectivity index (χ3v) is 3.87. The Balaban J connectivity index is 2.25. The van der Waals surface area contributed by atoms with Gasteiger partial charge in [-0.2, -0.15) is 0 Å². The summed E-state index contributed by atoms with van der Waals surface area (Å²) < 4.78 is 5.54. The molecule has 0 spiro atoms. The molecule has 0 unspecified atom stereocenters. The summed E-state index contributed by atoms with van der Waals surface area (Å²) in [7, 11) is 0. The topological polar surface area (TPSA) is 64.4 Å². The smallest absolute Gasteiger partial charge is 0.227 e. The number of nitrogens with one attached hydrogen (secondary N) is 1. The van der Waals surface area contributed by atoms with Gasteiger partial charge >= 0.3 is 0 Å². The van der Waals surface area contributed by atoms with Gasteiger partial charge in [0.1, 0.15) is 0 Å². The molecule has 112 valence electrons. The molecule has 0 atom stereocenters. The highest BCUT2D eigenvalue weighted by atomic mass is 16.5. The first kappa shape index (κ1) is 16.7. The highest BCUT2D eigenvalue weighted by Gasteiger charge is 2.32. The van der Waals surface area contributed by atoms with Gasteiger partial charge in [-0.05, 0) is 18.4 Å². The maximum Gasteiger partial charge on any atom is 0.227 e. The summed E-state index contributed by atoms with van der Waals surface area (Å²) in [5.41, 5.74) is 6.45. The van der Waals surface area contributed by atoms with Crippen molar-refractivity contribution in [1.82, 2.24) is 5.32 Å². The van der Waals surface area contributed by atoms with Gasteiger partial charge in [0.15, 0.2) is 0 Å². The van der Waals surface area contributed by atoms with Gasteiger partial charge in [-0.15, -0.1) is 0 Å². The number of benzene rings is 1. The van der Waals surface area contributed by atoms with E-state index in [1.807, 2.05) is 44.2 Å². The predicted octanol–water partition coefficient (Wildman–Crippen LogP) is 2.08. The molecule has 0 bridgehead atoms. The van der Waals surface area contributed by atoms with Crippen LogP contribution in [-0.4, -0.2) is 25.6 Å². The summed E-state index contributed by atoms with van der Waals surface area (Å²) in [5.74, 6) is 0.0355. The van der Waals surface area contributed by atoms with Gasteiger partial charge in [0.2, 0.25) is 5.91 Å². The minimum Gasteiger partial charge on any atom is -0.375 e. The summed E-state index contributed by atoms with van der Waals surface area (Å²) in [4.78, 5) is 12.1.